The molecular formula is C13H18BrN. The Morgan fingerprint density at radius 3 is 2.67 bits per heavy atom. The van der Waals surface area contributed by atoms with Gasteiger partial charge in [0.1, 0.15) is 0 Å². The van der Waals surface area contributed by atoms with E-state index in [-0.39, 0.29) is 0 Å². The third kappa shape index (κ3) is 5.14. The minimum absolute atomic E-state index is 0.613. The molecule has 0 aliphatic rings. The number of hydrogen-bond acceptors (Lipinski definition) is 1. The minimum atomic E-state index is 0.613. The number of benzene rings is 1. The largest absolute Gasteiger partial charge is 0.312 e. The molecule has 1 aromatic rings. The smallest absolute Gasteiger partial charge is 0.0265 e. The van der Waals surface area contributed by atoms with Crippen molar-refractivity contribution in [3.05, 3.63) is 47.0 Å². The van der Waals surface area contributed by atoms with E-state index in [0.717, 1.165) is 24.0 Å². The minimum Gasteiger partial charge on any atom is -0.312 e. The molecule has 0 saturated heterocycles. The maximum Gasteiger partial charge on any atom is 0.0265 e. The lowest BCUT2D eigenvalue weighted by molar-refractivity contribution is 0.618. The molecule has 0 heterocycles. The zero-order valence-corrected chi connectivity index (χ0v) is 10.8. The fraction of sp³-hybridized carbons (Fsp3) is 0.385. The number of halogens is 1. The van der Waals surface area contributed by atoms with Gasteiger partial charge in [-0.25, -0.2) is 0 Å². The van der Waals surface area contributed by atoms with Gasteiger partial charge in [-0.3, -0.25) is 0 Å². The van der Waals surface area contributed by atoms with Crippen LogP contribution in [0.5, 0.6) is 0 Å². The van der Waals surface area contributed by atoms with E-state index < -0.39 is 0 Å². The summed E-state index contributed by atoms with van der Waals surface area (Å²) >= 11 is 3.33. The van der Waals surface area contributed by atoms with Crippen LogP contribution >= 0.6 is 15.9 Å². The standard InChI is InChI=1S/C13H18BrN/c1-11(8-9-15-10-12(2)14)13-6-4-3-5-7-13/h3-7,11,15H,2,8-10H2,1H3. The number of hydrogen-bond donors (Lipinski definition) is 1. The van der Waals surface area contributed by atoms with E-state index in [1.807, 2.05) is 0 Å². The summed E-state index contributed by atoms with van der Waals surface area (Å²) in [7, 11) is 0. The van der Waals surface area contributed by atoms with Crippen LogP contribution in [-0.2, 0) is 0 Å². The van der Waals surface area contributed by atoms with Gasteiger partial charge in [0.05, 0.1) is 0 Å². The van der Waals surface area contributed by atoms with Crippen molar-refractivity contribution >= 4 is 15.9 Å². The van der Waals surface area contributed by atoms with Crippen molar-refractivity contribution in [3.63, 3.8) is 0 Å². The van der Waals surface area contributed by atoms with Gasteiger partial charge >= 0.3 is 0 Å². The molecule has 0 aliphatic carbocycles. The molecule has 1 aromatic carbocycles. The molecule has 0 saturated carbocycles. The van der Waals surface area contributed by atoms with Gasteiger partial charge in [0, 0.05) is 11.0 Å². The molecule has 82 valence electrons. The second-order valence-electron chi connectivity index (χ2n) is 3.79. The molecule has 1 atom stereocenters. The van der Waals surface area contributed by atoms with Gasteiger partial charge in [0.25, 0.3) is 0 Å². The highest BCUT2D eigenvalue weighted by atomic mass is 79.9. The maximum absolute atomic E-state index is 3.78. The molecule has 2 heteroatoms. The van der Waals surface area contributed by atoms with E-state index >= 15 is 0 Å². The zero-order valence-electron chi connectivity index (χ0n) is 9.17. The average Bonchev–Trinajstić information content (AvgIpc) is 2.25. The molecule has 0 radical (unpaired) electrons. The molecule has 1 N–H and O–H groups in total. The summed E-state index contributed by atoms with van der Waals surface area (Å²) in [5.41, 5.74) is 1.41. The Bertz CT molecular complexity index is 295. The topological polar surface area (TPSA) is 12.0 Å². The zero-order chi connectivity index (χ0) is 11.1. The van der Waals surface area contributed by atoms with Crippen molar-refractivity contribution in [2.24, 2.45) is 0 Å². The van der Waals surface area contributed by atoms with Crippen LogP contribution in [-0.4, -0.2) is 13.1 Å². The van der Waals surface area contributed by atoms with Crippen LogP contribution in [0.2, 0.25) is 0 Å². The lowest BCUT2D eigenvalue weighted by Crippen LogP contribution is -2.18. The molecule has 1 nitrogen and oxygen atoms in total. The third-order valence-electron chi connectivity index (χ3n) is 2.44. The highest BCUT2D eigenvalue weighted by Gasteiger charge is 2.03. The van der Waals surface area contributed by atoms with Crippen molar-refractivity contribution in [1.82, 2.24) is 5.32 Å². The first-order valence-electron chi connectivity index (χ1n) is 5.29. The fourth-order valence-electron chi connectivity index (χ4n) is 1.49. The van der Waals surface area contributed by atoms with Crippen molar-refractivity contribution in [2.45, 2.75) is 19.3 Å². The Morgan fingerprint density at radius 2 is 2.07 bits per heavy atom. The van der Waals surface area contributed by atoms with Crippen LogP contribution in [0.25, 0.3) is 0 Å². The molecule has 0 aliphatic heterocycles. The van der Waals surface area contributed by atoms with Crippen molar-refractivity contribution in [2.75, 3.05) is 13.1 Å². The molecule has 0 bridgehead atoms. The Labute approximate surface area is 101 Å². The van der Waals surface area contributed by atoms with E-state index in [0.29, 0.717) is 5.92 Å². The highest BCUT2D eigenvalue weighted by Crippen LogP contribution is 2.17. The predicted octanol–water partition coefficient (Wildman–Crippen LogP) is 3.68. The van der Waals surface area contributed by atoms with E-state index in [9.17, 15) is 0 Å². The van der Waals surface area contributed by atoms with Gasteiger partial charge in [0.15, 0.2) is 0 Å². The average molecular weight is 268 g/mol. The first-order valence-corrected chi connectivity index (χ1v) is 6.08. The SMILES string of the molecule is C=C(Br)CNCCC(C)c1ccccc1. The van der Waals surface area contributed by atoms with Gasteiger partial charge in [-0.15, -0.1) is 0 Å². The first-order chi connectivity index (χ1) is 7.20. The lowest BCUT2D eigenvalue weighted by Gasteiger charge is -2.12. The monoisotopic (exact) mass is 267 g/mol. The summed E-state index contributed by atoms with van der Waals surface area (Å²) in [5, 5.41) is 3.34. The van der Waals surface area contributed by atoms with Crippen LogP contribution in [0.1, 0.15) is 24.8 Å². The predicted molar refractivity (Wildman–Crippen MR) is 70.4 cm³/mol. The van der Waals surface area contributed by atoms with Crippen molar-refractivity contribution in [3.8, 4) is 0 Å². The van der Waals surface area contributed by atoms with Gasteiger partial charge in [0.2, 0.25) is 0 Å². The van der Waals surface area contributed by atoms with Crippen LogP contribution in [0.3, 0.4) is 0 Å². The normalized spacial score (nSPS) is 12.4. The van der Waals surface area contributed by atoms with Crippen LogP contribution in [0.15, 0.2) is 41.4 Å². The van der Waals surface area contributed by atoms with Crippen LogP contribution < -0.4 is 5.32 Å². The Hall–Kier alpha value is -0.600. The van der Waals surface area contributed by atoms with Gasteiger partial charge in [-0.05, 0) is 24.4 Å². The van der Waals surface area contributed by atoms with E-state index in [2.05, 4.69) is 65.1 Å². The number of rotatable bonds is 6. The van der Waals surface area contributed by atoms with Crippen molar-refractivity contribution < 1.29 is 0 Å². The summed E-state index contributed by atoms with van der Waals surface area (Å²) in [5.74, 6) is 0.613. The van der Waals surface area contributed by atoms with Crippen molar-refractivity contribution in [1.29, 1.82) is 0 Å². The maximum atomic E-state index is 3.78. The molecule has 1 unspecified atom stereocenters. The van der Waals surface area contributed by atoms with E-state index in [1.54, 1.807) is 0 Å². The molecule has 0 fully saturated rings. The summed E-state index contributed by atoms with van der Waals surface area (Å²) in [6.07, 6.45) is 1.16. The highest BCUT2D eigenvalue weighted by molar-refractivity contribution is 9.11. The summed E-state index contributed by atoms with van der Waals surface area (Å²) in [6, 6.07) is 10.6. The molecule has 0 spiro atoms. The second kappa shape index (κ2) is 6.81. The second-order valence-corrected chi connectivity index (χ2v) is 4.92. The Kier molecular flexibility index (Phi) is 5.66. The fourth-order valence-corrected chi connectivity index (χ4v) is 1.69. The Balaban J connectivity index is 2.25. The molecule has 0 amide bonds. The van der Waals surface area contributed by atoms with Gasteiger partial charge in [-0.2, -0.15) is 0 Å². The summed E-state index contributed by atoms with van der Waals surface area (Å²) < 4.78 is 1.01. The molecule has 15 heavy (non-hydrogen) atoms. The quantitative estimate of drug-likeness (QED) is 0.776. The van der Waals surface area contributed by atoms with Crippen LogP contribution in [0.4, 0.5) is 0 Å². The van der Waals surface area contributed by atoms with Gasteiger partial charge in [-0.1, -0.05) is 59.8 Å². The van der Waals surface area contributed by atoms with E-state index in [1.165, 1.54) is 5.56 Å². The Morgan fingerprint density at radius 1 is 1.40 bits per heavy atom. The van der Waals surface area contributed by atoms with Gasteiger partial charge < -0.3 is 5.32 Å². The summed E-state index contributed by atoms with van der Waals surface area (Å²) in [4.78, 5) is 0. The summed E-state index contributed by atoms with van der Waals surface area (Å²) in [6.45, 7) is 7.93. The number of nitrogens with one attached hydrogen (secondary N) is 1. The molecule has 0 aromatic heterocycles. The van der Waals surface area contributed by atoms with Crippen LogP contribution in [0, 0.1) is 0 Å². The molecular weight excluding hydrogens is 250 g/mol. The third-order valence-corrected chi connectivity index (χ3v) is 2.72. The van der Waals surface area contributed by atoms with E-state index in [4.69, 9.17) is 0 Å². The lowest BCUT2D eigenvalue weighted by atomic mass is 9.98. The molecule has 1 rings (SSSR count). The first kappa shape index (κ1) is 12.5.